The number of methoxy groups -OCH3 is 1. The van der Waals surface area contributed by atoms with Gasteiger partial charge in [0.05, 0.1) is 7.11 Å². The monoisotopic (exact) mass is 346 g/mol. The van der Waals surface area contributed by atoms with Crippen LogP contribution in [0.4, 0.5) is 0 Å². The van der Waals surface area contributed by atoms with Crippen molar-refractivity contribution in [3.8, 4) is 34.5 Å². The molecular weight excluding hydrogens is 328 g/mol. The quantitative estimate of drug-likeness (QED) is 0.836. The smallest absolute Gasteiger partial charge is 0.175 e. The van der Waals surface area contributed by atoms with Crippen molar-refractivity contribution in [1.82, 2.24) is 0 Å². The highest BCUT2D eigenvalue weighted by molar-refractivity contribution is 5.85. The molecule has 0 unspecified atom stereocenters. The van der Waals surface area contributed by atoms with E-state index in [4.69, 9.17) is 28.8 Å². The van der Waals surface area contributed by atoms with Crippen molar-refractivity contribution in [1.29, 1.82) is 0 Å². The first-order chi connectivity index (χ1) is 12.2. The van der Waals surface area contributed by atoms with Gasteiger partial charge < -0.3 is 28.8 Å². The Bertz CT molecular complexity index is 757. The van der Waals surface area contributed by atoms with Crippen LogP contribution in [0.1, 0.15) is 10.4 Å². The number of carbonyl (C=O) groups is 1. The van der Waals surface area contributed by atoms with Gasteiger partial charge in [-0.1, -0.05) is 0 Å². The summed E-state index contributed by atoms with van der Waals surface area (Å²) in [4.78, 5) is 10.8. The predicted molar refractivity (Wildman–Crippen MR) is 88.5 cm³/mol. The first-order valence-corrected chi connectivity index (χ1v) is 7.73. The normalized spacial score (nSPS) is 14.0. The van der Waals surface area contributed by atoms with Gasteiger partial charge in [0.2, 0.25) is 0 Å². The van der Waals surface area contributed by atoms with E-state index in [-0.39, 0.29) is 5.75 Å². The summed E-state index contributed by atoms with van der Waals surface area (Å²) in [6.45, 7) is 2.10. The van der Waals surface area contributed by atoms with Crippen molar-refractivity contribution < 1.29 is 33.6 Å². The van der Waals surface area contributed by atoms with Crippen LogP contribution in [0.25, 0.3) is 0 Å². The van der Waals surface area contributed by atoms with E-state index in [0.29, 0.717) is 67.0 Å². The van der Waals surface area contributed by atoms with Crippen molar-refractivity contribution in [2.45, 2.75) is 0 Å². The summed E-state index contributed by atoms with van der Waals surface area (Å²) in [5.74, 6) is 3.11. The van der Waals surface area contributed by atoms with E-state index in [1.54, 1.807) is 30.3 Å². The Morgan fingerprint density at radius 2 is 1.56 bits per heavy atom. The van der Waals surface area contributed by atoms with Crippen LogP contribution >= 0.6 is 0 Å². The molecule has 0 aromatic heterocycles. The van der Waals surface area contributed by atoms with Crippen LogP contribution in [0.5, 0.6) is 34.5 Å². The molecule has 0 atom stereocenters. The van der Waals surface area contributed by atoms with E-state index < -0.39 is 0 Å². The fourth-order valence-corrected chi connectivity index (χ4v) is 2.44. The van der Waals surface area contributed by atoms with Gasteiger partial charge in [0, 0.05) is 6.07 Å². The van der Waals surface area contributed by atoms with Crippen molar-refractivity contribution in [2.24, 2.45) is 0 Å². The third kappa shape index (κ3) is 3.71. The van der Waals surface area contributed by atoms with Gasteiger partial charge in [-0.15, -0.1) is 0 Å². The molecule has 1 N–H and O–H groups in total. The lowest BCUT2D eigenvalue weighted by Crippen LogP contribution is -2.16. The summed E-state index contributed by atoms with van der Waals surface area (Å²) in [7, 11) is 1.51. The Morgan fingerprint density at radius 1 is 0.920 bits per heavy atom. The topological polar surface area (TPSA) is 83.5 Å². The highest BCUT2D eigenvalue weighted by Gasteiger charge is 2.19. The van der Waals surface area contributed by atoms with Gasteiger partial charge in [0.25, 0.3) is 0 Å². The Labute approximate surface area is 144 Å². The van der Waals surface area contributed by atoms with Crippen molar-refractivity contribution in [2.75, 3.05) is 33.5 Å². The largest absolute Gasteiger partial charge is 0.508 e. The lowest BCUT2D eigenvalue weighted by Gasteiger charge is -2.20. The van der Waals surface area contributed by atoms with Crippen LogP contribution in [0.2, 0.25) is 0 Å². The third-order valence-electron chi connectivity index (χ3n) is 3.57. The maximum absolute atomic E-state index is 10.8. The molecule has 2 aliphatic heterocycles. The molecular formula is C18H18O7. The number of rotatable bonds is 2. The summed E-state index contributed by atoms with van der Waals surface area (Å²) in [5.41, 5.74) is 0.407. The highest BCUT2D eigenvalue weighted by Crippen LogP contribution is 2.38. The van der Waals surface area contributed by atoms with E-state index in [0.717, 1.165) is 0 Å². The second-order valence-electron chi connectivity index (χ2n) is 5.15. The van der Waals surface area contributed by atoms with Gasteiger partial charge in [-0.05, 0) is 24.3 Å². The Balaban J connectivity index is 0.000000150. The van der Waals surface area contributed by atoms with Crippen LogP contribution in [0.3, 0.4) is 0 Å². The molecule has 0 fully saturated rings. The molecule has 132 valence electrons. The first kappa shape index (κ1) is 16.8. The molecule has 0 spiro atoms. The number of ether oxygens (including phenoxy) is 5. The van der Waals surface area contributed by atoms with E-state index in [9.17, 15) is 4.79 Å². The van der Waals surface area contributed by atoms with Crippen molar-refractivity contribution in [3.05, 3.63) is 35.9 Å². The zero-order valence-corrected chi connectivity index (χ0v) is 13.7. The van der Waals surface area contributed by atoms with E-state index in [1.165, 1.54) is 7.11 Å². The molecule has 0 amide bonds. The van der Waals surface area contributed by atoms with Crippen molar-refractivity contribution >= 4 is 6.29 Å². The summed E-state index contributed by atoms with van der Waals surface area (Å²) in [5, 5.41) is 9.05. The molecule has 0 radical (unpaired) electrons. The molecule has 2 aromatic carbocycles. The van der Waals surface area contributed by atoms with Crippen LogP contribution in [0, 0.1) is 0 Å². The molecule has 0 saturated heterocycles. The Morgan fingerprint density at radius 3 is 2.28 bits per heavy atom. The zero-order chi connectivity index (χ0) is 17.6. The van der Waals surface area contributed by atoms with Crippen molar-refractivity contribution in [3.63, 3.8) is 0 Å². The van der Waals surface area contributed by atoms with Crippen LogP contribution in [-0.4, -0.2) is 44.9 Å². The highest BCUT2D eigenvalue weighted by atomic mass is 16.6. The van der Waals surface area contributed by atoms with Gasteiger partial charge in [0.1, 0.15) is 43.5 Å². The SMILES string of the molecule is COc1ccc2c(c1C=O)OCCO2.Oc1ccc2c(c1)OCCO2. The second kappa shape index (κ2) is 7.65. The molecule has 2 aliphatic rings. The second-order valence-corrected chi connectivity index (χ2v) is 5.15. The molecule has 4 rings (SSSR count). The number of hydrogen-bond acceptors (Lipinski definition) is 7. The van der Waals surface area contributed by atoms with Crippen LogP contribution < -0.4 is 23.7 Å². The summed E-state index contributed by atoms with van der Waals surface area (Å²) in [6.07, 6.45) is 0.715. The zero-order valence-electron chi connectivity index (χ0n) is 13.7. The molecule has 2 heterocycles. The number of aromatic hydroxyl groups is 1. The Kier molecular flexibility index (Phi) is 5.13. The van der Waals surface area contributed by atoms with Crippen LogP contribution in [-0.2, 0) is 0 Å². The molecule has 25 heavy (non-hydrogen) atoms. The molecule has 7 nitrogen and oxygen atoms in total. The summed E-state index contributed by atoms with van der Waals surface area (Å²) < 4.78 is 26.2. The molecule has 7 heteroatoms. The van der Waals surface area contributed by atoms with Crippen LogP contribution in [0.15, 0.2) is 30.3 Å². The number of hydrogen-bond donors (Lipinski definition) is 1. The van der Waals surface area contributed by atoms with Gasteiger partial charge in [-0.3, -0.25) is 4.79 Å². The predicted octanol–water partition coefficient (Wildman–Crippen LogP) is 2.44. The minimum absolute atomic E-state index is 0.203. The lowest BCUT2D eigenvalue weighted by molar-refractivity contribution is 0.110. The minimum atomic E-state index is 0.203. The van der Waals surface area contributed by atoms with E-state index in [2.05, 4.69) is 0 Å². The maximum atomic E-state index is 10.8. The fraction of sp³-hybridized carbons (Fsp3) is 0.278. The molecule has 0 aliphatic carbocycles. The van der Waals surface area contributed by atoms with E-state index >= 15 is 0 Å². The lowest BCUT2D eigenvalue weighted by atomic mass is 10.1. The summed E-state index contributed by atoms with van der Waals surface area (Å²) in [6, 6.07) is 8.25. The average Bonchev–Trinajstić information content (AvgIpc) is 2.67. The van der Waals surface area contributed by atoms with E-state index in [1.807, 2.05) is 0 Å². The third-order valence-corrected chi connectivity index (χ3v) is 3.57. The fourth-order valence-electron chi connectivity index (χ4n) is 2.44. The summed E-state index contributed by atoms with van der Waals surface area (Å²) >= 11 is 0. The number of carbonyl (C=O) groups excluding carboxylic acids is 1. The molecule has 2 aromatic rings. The van der Waals surface area contributed by atoms with Gasteiger partial charge >= 0.3 is 0 Å². The van der Waals surface area contributed by atoms with Gasteiger partial charge in [0.15, 0.2) is 29.3 Å². The molecule has 0 bridgehead atoms. The number of aldehydes is 1. The maximum Gasteiger partial charge on any atom is 0.175 e. The Hall–Kier alpha value is -3.09. The first-order valence-electron chi connectivity index (χ1n) is 7.73. The number of phenolic OH excluding ortho intramolecular Hbond substituents is 1. The van der Waals surface area contributed by atoms with Gasteiger partial charge in [-0.2, -0.15) is 0 Å². The minimum Gasteiger partial charge on any atom is -0.508 e. The number of phenols is 1. The molecule has 0 saturated carbocycles. The number of benzene rings is 2. The average molecular weight is 346 g/mol. The number of fused-ring (bicyclic) bond motifs is 2. The van der Waals surface area contributed by atoms with Gasteiger partial charge in [-0.25, -0.2) is 0 Å². The standard InChI is InChI=1S/C10H10O4.C8H8O3/c1-12-8-2-3-9-10(7(8)6-11)14-5-4-13-9;9-6-1-2-7-8(5-6)11-4-3-10-7/h2-3,6H,4-5H2,1H3;1-2,5,9H,3-4H2.